The maximum Gasteiger partial charge on any atom is 0.335 e. The van der Waals surface area contributed by atoms with E-state index in [0.29, 0.717) is 5.19 Å². The lowest BCUT2D eigenvalue weighted by Crippen LogP contribution is -2.35. The molecule has 0 amide bonds. The first-order chi connectivity index (χ1) is 8.50. The second-order valence-electron chi connectivity index (χ2n) is 6.95. The highest BCUT2D eigenvalue weighted by molar-refractivity contribution is 6.49. The summed E-state index contributed by atoms with van der Waals surface area (Å²) in [5.41, 5.74) is 1.67. The molecule has 0 spiro atoms. The van der Waals surface area contributed by atoms with Crippen LogP contribution in [0.5, 0.6) is 0 Å². The summed E-state index contributed by atoms with van der Waals surface area (Å²) in [6.45, 7) is 12.2. The quantitative estimate of drug-likeness (QED) is 0.669. The largest absolute Gasteiger partial charge is 0.478 e. The molecule has 0 saturated carbocycles. The molecule has 0 unspecified atom stereocenters. The number of hydrogen-bond acceptors (Lipinski definition) is 1. The number of rotatable bonds is 2. The van der Waals surface area contributed by atoms with Gasteiger partial charge in [-0.25, -0.2) is 4.79 Å². The highest BCUT2D eigenvalue weighted by Gasteiger charge is 2.30. The zero-order valence-electron chi connectivity index (χ0n) is 12.6. The Morgan fingerprint density at radius 1 is 1.11 bits per heavy atom. The molecule has 19 heavy (non-hydrogen) atoms. The van der Waals surface area contributed by atoms with E-state index in [1.54, 1.807) is 6.07 Å². The summed E-state index contributed by atoms with van der Waals surface area (Å²) in [6.07, 6.45) is 0. The summed E-state index contributed by atoms with van der Waals surface area (Å²) in [7, 11) is -2.05. The molecule has 0 heterocycles. The summed E-state index contributed by atoms with van der Waals surface area (Å²) in [6, 6.07) is 3.40. The SMILES string of the molecule is CC(C)(C)c1ccc(C(=O)O)c([SiH2]F)c1C(C)(C)C. The van der Waals surface area contributed by atoms with Crippen molar-refractivity contribution in [1.82, 2.24) is 0 Å². The standard InChI is InChI=1S/C15H23FO2Si/c1-14(2,3)10-8-7-9(13(17)18)12(19-16)11(10)15(4,5)6/h7-8H,19H2,1-6H3,(H,17,18). The van der Waals surface area contributed by atoms with E-state index in [0.717, 1.165) is 11.1 Å². The molecule has 0 radical (unpaired) electrons. The number of hydrogen-bond donors (Lipinski definition) is 1. The van der Waals surface area contributed by atoms with Gasteiger partial charge in [0, 0.05) is 0 Å². The number of carboxylic acids is 1. The minimum atomic E-state index is -2.05. The van der Waals surface area contributed by atoms with E-state index in [1.165, 1.54) is 0 Å². The fourth-order valence-corrected chi connectivity index (χ4v) is 3.74. The molecule has 0 atom stereocenters. The minimum absolute atomic E-state index is 0.127. The number of benzene rings is 1. The molecule has 0 saturated heterocycles. The Morgan fingerprint density at radius 3 is 1.95 bits per heavy atom. The van der Waals surface area contributed by atoms with Gasteiger partial charge in [0.25, 0.3) is 0 Å². The molecule has 2 nitrogen and oxygen atoms in total. The Bertz CT molecular complexity index is 496. The van der Waals surface area contributed by atoms with Gasteiger partial charge in [0.05, 0.1) is 5.56 Å². The van der Waals surface area contributed by atoms with E-state index >= 15 is 0 Å². The van der Waals surface area contributed by atoms with Gasteiger partial charge in [-0.2, -0.15) is 0 Å². The fraction of sp³-hybridized carbons (Fsp3) is 0.533. The fourth-order valence-electron chi connectivity index (χ4n) is 2.47. The van der Waals surface area contributed by atoms with E-state index in [1.807, 2.05) is 26.8 Å². The molecule has 1 aromatic rings. The van der Waals surface area contributed by atoms with Crippen molar-refractivity contribution in [3.05, 3.63) is 28.8 Å². The second-order valence-corrected chi connectivity index (χ2v) is 7.93. The molecular formula is C15H23FO2Si. The van der Waals surface area contributed by atoms with Crippen molar-refractivity contribution in [3.63, 3.8) is 0 Å². The molecule has 4 heteroatoms. The summed E-state index contributed by atoms with van der Waals surface area (Å²) in [5.74, 6) is -1.04. The molecule has 0 aromatic heterocycles. The van der Waals surface area contributed by atoms with Gasteiger partial charge in [0.2, 0.25) is 9.85 Å². The first-order valence-electron chi connectivity index (χ1n) is 6.46. The zero-order chi connectivity index (χ0) is 15.0. The zero-order valence-corrected chi connectivity index (χ0v) is 14.0. The third kappa shape index (κ3) is 3.24. The highest BCUT2D eigenvalue weighted by atomic mass is 28.3. The Balaban J connectivity index is 3.76. The van der Waals surface area contributed by atoms with Crippen LogP contribution in [-0.4, -0.2) is 20.9 Å². The molecule has 0 fully saturated rings. The van der Waals surface area contributed by atoms with Crippen LogP contribution >= 0.6 is 0 Å². The van der Waals surface area contributed by atoms with Crippen molar-refractivity contribution >= 4 is 21.0 Å². The topological polar surface area (TPSA) is 37.3 Å². The van der Waals surface area contributed by atoms with Crippen molar-refractivity contribution in [2.75, 3.05) is 0 Å². The normalized spacial score (nSPS) is 13.2. The summed E-state index contributed by atoms with van der Waals surface area (Å²) in [5, 5.41) is 9.69. The first kappa shape index (κ1) is 15.9. The monoisotopic (exact) mass is 282 g/mol. The number of aromatic carboxylic acids is 1. The minimum Gasteiger partial charge on any atom is -0.478 e. The van der Waals surface area contributed by atoms with Crippen molar-refractivity contribution in [2.45, 2.75) is 52.4 Å². The summed E-state index contributed by atoms with van der Waals surface area (Å²) >= 11 is 0. The van der Waals surface area contributed by atoms with Gasteiger partial charge < -0.3 is 9.21 Å². The molecule has 0 aliphatic rings. The van der Waals surface area contributed by atoms with Crippen LogP contribution in [0.3, 0.4) is 0 Å². The van der Waals surface area contributed by atoms with Gasteiger partial charge in [-0.1, -0.05) is 47.6 Å². The van der Waals surface area contributed by atoms with Gasteiger partial charge in [0.15, 0.2) is 0 Å². The number of carboxylic acid groups (broad SMARTS) is 1. The van der Waals surface area contributed by atoms with Crippen molar-refractivity contribution in [1.29, 1.82) is 0 Å². The Kier molecular flexibility index (Phi) is 4.25. The highest BCUT2D eigenvalue weighted by Crippen LogP contribution is 2.33. The van der Waals surface area contributed by atoms with Crippen LogP contribution in [0, 0.1) is 0 Å². The lowest BCUT2D eigenvalue weighted by atomic mass is 9.74. The Hall–Kier alpha value is -1.16. The predicted octanol–water partition coefficient (Wildman–Crippen LogP) is 2.66. The first-order valence-corrected chi connectivity index (χ1v) is 7.70. The number of halogens is 1. The maximum atomic E-state index is 13.6. The van der Waals surface area contributed by atoms with Crippen LogP contribution in [0.2, 0.25) is 0 Å². The molecular weight excluding hydrogens is 259 g/mol. The molecule has 1 aromatic carbocycles. The smallest absolute Gasteiger partial charge is 0.335 e. The van der Waals surface area contributed by atoms with Gasteiger partial charge in [-0.15, -0.1) is 0 Å². The predicted molar refractivity (Wildman–Crippen MR) is 80.1 cm³/mol. The lowest BCUT2D eigenvalue weighted by Gasteiger charge is -2.32. The molecule has 1 rings (SSSR count). The molecule has 0 aliphatic heterocycles. The van der Waals surface area contributed by atoms with Gasteiger partial charge >= 0.3 is 5.97 Å². The van der Waals surface area contributed by atoms with Gasteiger partial charge in [0.1, 0.15) is 0 Å². The van der Waals surface area contributed by atoms with E-state index < -0.39 is 15.8 Å². The third-order valence-electron chi connectivity index (χ3n) is 3.23. The maximum absolute atomic E-state index is 13.6. The van der Waals surface area contributed by atoms with E-state index in [-0.39, 0.29) is 16.4 Å². The molecule has 106 valence electrons. The van der Waals surface area contributed by atoms with Crippen LogP contribution in [0.25, 0.3) is 0 Å². The van der Waals surface area contributed by atoms with Crippen molar-refractivity contribution in [3.8, 4) is 0 Å². The van der Waals surface area contributed by atoms with E-state index in [9.17, 15) is 14.0 Å². The van der Waals surface area contributed by atoms with Crippen LogP contribution in [0.4, 0.5) is 4.11 Å². The average Bonchev–Trinajstić information content (AvgIpc) is 2.24. The van der Waals surface area contributed by atoms with Crippen LogP contribution < -0.4 is 5.19 Å². The third-order valence-corrected chi connectivity index (χ3v) is 4.24. The summed E-state index contributed by atoms with van der Waals surface area (Å²) in [4.78, 5) is 11.3. The van der Waals surface area contributed by atoms with Crippen molar-refractivity contribution in [2.24, 2.45) is 0 Å². The van der Waals surface area contributed by atoms with Gasteiger partial charge in [-0.05, 0) is 33.2 Å². The van der Waals surface area contributed by atoms with Crippen LogP contribution in [-0.2, 0) is 10.8 Å². The van der Waals surface area contributed by atoms with Crippen LogP contribution in [0.15, 0.2) is 12.1 Å². The van der Waals surface area contributed by atoms with Crippen LogP contribution in [0.1, 0.15) is 63.0 Å². The second kappa shape index (κ2) is 5.08. The Morgan fingerprint density at radius 2 is 1.63 bits per heavy atom. The van der Waals surface area contributed by atoms with E-state index in [4.69, 9.17) is 0 Å². The summed E-state index contributed by atoms with van der Waals surface area (Å²) < 4.78 is 13.6. The molecule has 1 N–H and O–H groups in total. The molecule has 0 aliphatic carbocycles. The number of carbonyl (C=O) groups is 1. The van der Waals surface area contributed by atoms with Crippen molar-refractivity contribution < 1.29 is 14.0 Å². The van der Waals surface area contributed by atoms with Gasteiger partial charge in [-0.3, -0.25) is 0 Å². The van der Waals surface area contributed by atoms with E-state index in [2.05, 4.69) is 20.8 Å². The Labute approximate surface area is 117 Å². The molecule has 0 bridgehead atoms. The lowest BCUT2D eigenvalue weighted by molar-refractivity contribution is 0.0698. The average molecular weight is 282 g/mol.